The van der Waals surface area contributed by atoms with Crippen LogP contribution < -0.4 is 0 Å². The third-order valence-corrected chi connectivity index (χ3v) is 5.09. The van der Waals surface area contributed by atoms with E-state index >= 15 is 0 Å². The summed E-state index contributed by atoms with van der Waals surface area (Å²) < 4.78 is 11.7. The minimum absolute atomic E-state index is 0.0863. The summed E-state index contributed by atoms with van der Waals surface area (Å²) in [5.74, 6) is 0. The maximum Gasteiger partial charge on any atom is 0.185 e. The van der Waals surface area contributed by atoms with Gasteiger partial charge in [0, 0.05) is 13.1 Å². The van der Waals surface area contributed by atoms with E-state index in [1.54, 1.807) is 0 Å². The van der Waals surface area contributed by atoms with Gasteiger partial charge in [-0.3, -0.25) is 9.80 Å². The Morgan fingerprint density at radius 2 is 1.83 bits per heavy atom. The topological polar surface area (TPSA) is 45.2 Å². The van der Waals surface area contributed by atoms with Crippen molar-refractivity contribution >= 4 is 0 Å². The quantitative estimate of drug-likeness (QED) is 0.886. The Morgan fingerprint density at radius 3 is 2.52 bits per heavy atom. The zero-order valence-corrected chi connectivity index (χ0v) is 14.1. The molecule has 2 aliphatic heterocycles. The molecule has 0 amide bonds. The summed E-state index contributed by atoms with van der Waals surface area (Å²) in [4.78, 5) is 4.77. The first-order valence-electron chi connectivity index (χ1n) is 8.67. The third-order valence-electron chi connectivity index (χ3n) is 5.09. The SMILES string of the molecule is CCN1CCN(CC)[C@@H]2CO[C@H](OCc3ccccc3)[C@@H](O)[C@@H]21. The van der Waals surface area contributed by atoms with Crippen LogP contribution in [0.1, 0.15) is 19.4 Å². The minimum atomic E-state index is -0.619. The lowest BCUT2D eigenvalue weighted by Crippen LogP contribution is -2.69. The molecular weight excluding hydrogens is 292 g/mol. The van der Waals surface area contributed by atoms with Gasteiger partial charge in [0.05, 0.1) is 25.3 Å². The molecule has 0 unspecified atom stereocenters. The monoisotopic (exact) mass is 320 g/mol. The number of nitrogens with zero attached hydrogens (tertiary/aromatic N) is 2. The molecule has 5 nitrogen and oxygen atoms in total. The fourth-order valence-corrected chi connectivity index (χ4v) is 3.79. The van der Waals surface area contributed by atoms with Crippen molar-refractivity contribution in [2.24, 2.45) is 0 Å². The summed E-state index contributed by atoms with van der Waals surface area (Å²) in [7, 11) is 0. The van der Waals surface area contributed by atoms with Gasteiger partial charge in [-0.1, -0.05) is 44.2 Å². The van der Waals surface area contributed by atoms with Crippen LogP contribution >= 0.6 is 0 Å². The lowest BCUT2D eigenvalue weighted by Gasteiger charge is -2.52. The molecule has 0 aromatic heterocycles. The van der Waals surface area contributed by atoms with Gasteiger partial charge in [-0.25, -0.2) is 0 Å². The van der Waals surface area contributed by atoms with E-state index in [1.165, 1.54) is 0 Å². The average molecular weight is 320 g/mol. The van der Waals surface area contributed by atoms with Crippen LogP contribution in [0.15, 0.2) is 30.3 Å². The molecule has 1 aromatic carbocycles. The number of aliphatic hydroxyl groups excluding tert-OH is 1. The van der Waals surface area contributed by atoms with E-state index in [2.05, 4.69) is 23.6 Å². The van der Waals surface area contributed by atoms with Crippen LogP contribution in [0, 0.1) is 0 Å². The highest BCUT2D eigenvalue weighted by Crippen LogP contribution is 2.28. The number of aliphatic hydroxyl groups is 1. The van der Waals surface area contributed by atoms with Crippen molar-refractivity contribution in [2.75, 3.05) is 32.8 Å². The van der Waals surface area contributed by atoms with E-state index in [9.17, 15) is 5.11 Å². The molecule has 1 aromatic rings. The van der Waals surface area contributed by atoms with Gasteiger partial charge in [-0.05, 0) is 18.7 Å². The van der Waals surface area contributed by atoms with E-state index < -0.39 is 12.4 Å². The van der Waals surface area contributed by atoms with E-state index in [1.807, 2.05) is 30.3 Å². The maximum absolute atomic E-state index is 10.8. The van der Waals surface area contributed by atoms with Gasteiger partial charge in [0.1, 0.15) is 6.10 Å². The molecule has 3 rings (SSSR count). The molecule has 128 valence electrons. The molecule has 5 heteroatoms. The van der Waals surface area contributed by atoms with Crippen LogP contribution in [0.2, 0.25) is 0 Å². The number of benzene rings is 1. The summed E-state index contributed by atoms with van der Waals surface area (Å²) >= 11 is 0. The molecule has 0 bridgehead atoms. The van der Waals surface area contributed by atoms with Gasteiger partial charge in [0.2, 0.25) is 0 Å². The first-order valence-corrected chi connectivity index (χ1v) is 8.67. The van der Waals surface area contributed by atoms with Gasteiger partial charge in [-0.2, -0.15) is 0 Å². The molecule has 2 saturated heterocycles. The lowest BCUT2D eigenvalue weighted by atomic mass is 9.93. The number of rotatable bonds is 5. The fourth-order valence-electron chi connectivity index (χ4n) is 3.79. The van der Waals surface area contributed by atoms with Crippen LogP contribution in [-0.4, -0.2) is 72.2 Å². The largest absolute Gasteiger partial charge is 0.386 e. The highest BCUT2D eigenvalue weighted by Gasteiger charge is 2.46. The zero-order chi connectivity index (χ0) is 16.2. The van der Waals surface area contributed by atoms with Crippen molar-refractivity contribution in [1.29, 1.82) is 0 Å². The summed E-state index contributed by atoms with van der Waals surface area (Å²) in [6, 6.07) is 10.4. The molecule has 0 saturated carbocycles. The van der Waals surface area contributed by atoms with Crippen molar-refractivity contribution in [3.8, 4) is 0 Å². The van der Waals surface area contributed by atoms with Crippen LogP contribution in [0.3, 0.4) is 0 Å². The highest BCUT2D eigenvalue weighted by molar-refractivity contribution is 5.13. The number of ether oxygens (including phenoxy) is 2. The van der Waals surface area contributed by atoms with Crippen molar-refractivity contribution in [3.63, 3.8) is 0 Å². The summed E-state index contributed by atoms with van der Waals surface area (Å²) in [5.41, 5.74) is 1.09. The molecule has 1 N–H and O–H groups in total. The molecule has 0 aliphatic carbocycles. The molecular formula is C18H28N2O3. The molecule has 4 atom stereocenters. The van der Waals surface area contributed by atoms with Crippen molar-refractivity contribution in [2.45, 2.75) is 44.9 Å². The predicted octanol–water partition coefficient (Wildman–Crippen LogP) is 1.31. The molecule has 0 spiro atoms. The van der Waals surface area contributed by atoms with Crippen LogP contribution in [0.5, 0.6) is 0 Å². The first kappa shape index (κ1) is 16.9. The van der Waals surface area contributed by atoms with Crippen LogP contribution in [-0.2, 0) is 16.1 Å². The molecule has 2 fully saturated rings. The van der Waals surface area contributed by atoms with Gasteiger partial charge in [0.25, 0.3) is 0 Å². The van der Waals surface area contributed by atoms with Crippen LogP contribution in [0.4, 0.5) is 0 Å². The number of fused-ring (bicyclic) bond motifs is 1. The summed E-state index contributed by atoms with van der Waals surface area (Å²) in [6.45, 7) is 9.37. The second-order valence-corrected chi connectivity index (χ2v) is 6.30. The van der Waals surface area contributed by atoms with Gasteiger partial charge < -0.3 is 14.6 Å². The van der Waals surface area contributed by atoms with E-state index in [-0.39, 0.29) is 12.1 Å². The van der Waals surface area contributed by atoms with Gasteiger partial charge >= 0.3 is 0 Å². The highest BCUT2D eigenvalue weighted by atomic mass is 16.7. The summed E-state index contributed by atoms with van der Waals surface area (Å²) in [5, 5.41) is 10.8. The standard InChI is InChI=1S/C18H28N2O3/c1-3-19-10-11-20(4-2)16-15(19)13-23-18(17(16)21)22-12-14-8-6-5-7-9-14/h5-9,15-18,21H,3-4,10-13H2,1-2H3/t15-,16-,17+,18+/m1/s1. The normalized spacial score (nSPS) is 32.7. The number of piperazine rings is 1. The average Bonchev–Trinajstić information content (AvgIpc) is 2.61. The Labute approximate surface area is 138 Å². The zero-order valence-electron chi connectivity index (χ0n) is 14.1. The van der Waals surface area contributed by atoms with Crippen molar-refractivity contribution in [1.82, 2.24) is 9.80 Å². The third kappa shape index (κ3) is 3.59. The molecule has 0 radical (unpaired) electrons. The maximum atomic E-state index is 10.8. The Morgan fingerprint density at radius 1 is 1.13 bits per heavy atom. The Bertz CT molecular complexity index is 484. The fraction of sp³-hybridized carbons (Fsp3) is 0.667. The predicted molar refractivity (Wildman–Crippen MR) is 89.0 cm³/mol. The van der Waals surface area contributed by atoms with Gasteiger partial charge in [-0.15, -0.1) is 0 Å². The molecule has 23 heavy (non-hydrogen) atoms. The smallest absolute Gasteiger partial charge is 0.185 e. The first-order chi connectivity index (χ1) is 11.2. The van der Waals surface area contributed by atoms with E-state index in [0.29, 0.717) is 13.2 Å². The number of hydrogen-bond donors (Lipinski definition) is 1. The van der Waals surface area contributed by atoms with Crippen LogP contribution in [0.25, 0.3) is 0 Å². The van der Waals surface area contributed by atoms with Crippen molar-refractivity contribution < 1.29 is 14.6 Å². The Balaban J connectivity index is 1.66. The van der Waals surface area contributed by atoms with E-state index in [0.717, 1.165) is 31.7 Å². The second kappa shape index (κ2) is 7.73. The van der Waals surface area contributed by atoms with Gasteiger partial charge in [0.15, 0.2) is 6.29 Å². The lowest BCUT2D eigenvalue weighted by molar-refractivity contribution is -0.261. The summed E-state index contributed by atoms with van der Waals surface area (Å²) in [6.07, 6.45) is -1.17. The van der Waals surface area contributed by atoms with E-state index in [4.69, 9.17) is 9.47 Å². The Hall–Kier alpha value is -0.980. The Kier molecular flexibility index (Phi) is 5.67. The number of hydrogen-bond acceptors (Lipinski definition) is 5. The van der Waals surface area contributed by atoms with Crippen molar-refractivity contribution in [3.05, 3.63) is 35.9 Å². The second-order valence-electron chi connectivity index (χ2n) is 6.30. The minimum Gasteiger partial charge on any atom is -0.386 e. The molecule has 2 heterocycles. The molecule has 2 aliphatic rings. The number of likely N-dealkylation sites (N-methyl/N-ethyl adjacent to an activating group) is 2.